The lowest BCUT2D eigenvalue weighted by molar-refractivity contribution is 0.183. The van der Waals surface area contributed by atoms with Gasteiger partial charge < -0.3 is 0 Å². The second kappa shape index (κ2) is 6.88. The topological polar surface area (TPSA) is 40.6 Å². The molecule has 0 radical (unpaired) electrons. The van der Waals surface area contributed by atoms with Crippen LogP contribution in [0.4, 0.5) is 0 Å². The van der Waals surface area contributed by atoms with Crippen molar-refractivity contribution >= 4 is 32.1 Å². The molecule has 0 amide bonds. The Balaban J connectivity index is 1.49. The van der Waals surface area contributed by atoms with Crippen molar-refractivity contribution in [1.29, 1.82) is 0 Å². The van der Waals surface area contributed by atoms with Crippen LogP contribution in [0.25, 0.3) is 10.8 Å². The molecule has 1 aromatic heterocycles. The van der Waals surface area contributed by atoms with Gasteiger partial charge in [0.25, 0.3) is 0 Å². The van der Waals surface area contributed by atoms with Crippen LogP contribution >= 0.6 is 11.3 Å². The van der Waals surface area contributed by atoms with Crippen molar-refractivity contribution in [3.8, 4) is 0 Å². The van der Waals surface area contributed by atoms with E-state index < -0.39 is 10.0 Å². The van der Waals surface area contributed by atoms with Crippen LogP contribution in [-0.2, 0) is 16.6 Å². The van der Waals surface area contributed by atoms with Gasteiger partial charge in [-0.1, -0.05) is 36.4 Å². The highest BCUT2D eigenvalue weighted by Crippen LogP contribution is 2.23. The molecule has 1 aliphatic rings. The number of rotatable bonds is 4. The van der Waals surface area contributed by atoms with Crippen molar-refractivity contribution in [3.05, 3.63) is 64.9 Å². The first-order chi connectivity index (χ1) is 12.1. The number of sulfonamides is 1. The van der Waals surface area contributed by atoms with Crippen LogP contribution < -0.4 is 0 Å². The molecule has 2 aromatic carbocycles. The highest BCUT2D eigenvalue weighted by Gasteiger charge is 2.28. The third kappa shape index (κ3) is 3.48. The first-order valence-corrected chi connectivity index (χ1v) is 10.7. The zero-order valence-electron chi connectivity index (χ0n) is 13.8. The second-order valence-electron chi connectivity index (χ2n) is 6.27. The van der Waals surface area contributed by atoms with E-state index in [0.717, 1.165) is 30.4 Å². The normalized spacial score (nSPS) is 17.1. The Morgan fingerprint density at radius 1 is 0.880 bits per heavy atom. The summed E-state index contributed by atoms with van der Waals surface area (Å²) in [6.45, 7) is 3.53. The lowest BCUT2D eigenvalue weighted by Crippen LogP contribution is -2.48. The number of thiophene rings is 1. The molecular formula is C19H20N2O2S2. The lowest BCUT2D eigenvalue weighted by atomic mass is 10.1. The zero-order valence-corrected chi connectivity index (χ0v) is 15.5. The molecule has 1 fully saturated rings. The summed E-state index contributed by atoms with van der Waals surface area (Å²) < 4.78 is 27.5. The molecule has 6 heteroatoms. The summed E-state index contributed by atoms with van der Waals surface area (Å²) in [6, 6.07) is 17.4. The Hall–Kier alpha value is -1.73. The van der Waals surface area contributed by atoms with Gasteiger partial charge in [-0.2, -0.15) is 4.31 Å². The average molecular weight is 373 g/mol. The van der Waals surface area contributed by atoms with Gasteiger partial charge in [-0.25, -0.2) is 8.42 Å². The maximum Gasteiger partial charge on any atom is 0.243 e. The third-order valence-corrected chi connectivity index (χ3v) is 7.41. The van der Waals surface area contributed by atoms with Crippen LogP contribution in [0, 0.1) is 0 Å². The van der Waals surface area contributed by atoms with E-state index in [1.807, 2.05) is 30.3 Å². The number of benzene rings is 2. The number of fused-ring (bicyclic) bond motifs is 1. The lowest BCUT2D eigenvalue weighted by Gasteiger charge is -2.33. The van der Waals surface area contributed by atoms with E-state index in [9.17, 15) is 8.42 Å². The Morgan fingerprint density at radius 2 is 1.64 bits per heavy atom. The summed E-state index contributed by atoms with van der Waals surface area (Å²) in [5.74, 6) is 0. The van der Waals surface area contributed by atoms with Crippen molar-refractivity contribution in [1.82, 2.24) is 9.21 Å². The summed E-state index contributed by atoms with van der Waals surface area (Å²) >= 11 is 1.75. The number of hydrogen-bond acceptors (Lipinski definition) is 4. The fourth-order valence-electron chi connectivity index (χ4n) is 3.23. The van der Waals surface area contributed by atoms with Crippen LogP contribution in [0.15, 0.2) is 64.9 Å². The van der Waals surface area contributed by atoms with Crippen molar-refractivity contribution in [3.63, 3.8) is 0 Å². The molecular weight excluding hydrogens is 352 g/mol. The predicted molar refractivity (Wildman–Crippen MR) is 102 cm³/mol. The molecule has 0 spiro atoms. The summed E-state index contributed by atoms with van der Waals surface area (Å²) in [7, 11) is -3.43. The minimum atomic E-state index is -3.43. The molecule has 25 heavy (non-hydrogen) atoms. The fourth-order valence-corrected chi connectivity index (χ4v) is 5.43. The van der Waals surface area contributed by atoms with E-state index in [-0.39, 0.29) is 0 Å². The SMILES string of the molecule is O=S(=O)(c1ccc2ccccc2c1)N1CCN(Cc2cccs2)CC1. The molecule has 0 N–H and O–H groups in total. The minimum absolute atomic E-state index is 0.387. The first kappa shape index (κ1) is 16.7. The first-order valence-electron chi connectivity index (χ1n) is 8.37. The Bertz CT molecular complexity index is 960. The maximum absolute atomic E-state index is 13.0. The number of hydrogen-bond donors (Lipinski definition) is 0. The molecule has 4 nitrogen and oxygen atoms in total. The van der Waals surface area contributed by atoms with Gasteiger partial charge in [0.1, 0.15) is 0 Å². The van der Waals surface area contributed by atoms with Crippen LogP contribution in [0.1, 0.15) is 4.88 Å². The van der Waals surface area contributed by atoms with Crippen LogP contribution in [0.2, 0.25) is 0 Å². The minimum Gasteiger partial charge on any atom is -0.296 e. The van der Waals surface area contributed by atoms with Gasteiger partial charge >= 0.3 is 0 Å². The third-order valence-electron chi connectivity index (χ3n) is 4.65. The summed E-state index contributed by atoms with van der Waals surface area (Å²) in [5, 5.41) is 4.09. The second-order valence-corrected chi connectivity index (χ2v) is 9.24. The van der Waals surface area contributed by atoms with Crippen molar-refractivity contribution in [2.45, 2.75) is 11.4 Å². The van der Waals surface area contributed by atoms with E-state index in [2.05, 4.69) is 22.4 Å². The maximum atomic E-state index is 13.0. The van der Waals surface area contributed by atoms with E-state index in [0.29, 0.717) is 18.0 Å². The molecule has 130 valence electrons. The molecule has 0 unspecified atom stereocenters. The Labute approximate surface area is 152 Å². The van der Waals surface area contributed by atoms with Crippen molar-refractivity contribution in [2.24, 2.45) is 0 Å². The van der Waals surface area contributed by atoms with Gasteiger partial charge in [0.05, 0.1) is 4.90 Å². The van der Waals surface area contributed by atoms with Crippen LogP contribution in [-0.4, -0.2) is 43.8 Å². The monoisotopic (exact) mass is 372 g/mol. The Kier molecular flexibility index (Phi) is 4.60. The van der Waals surface area contributed by atoms with Gasteiger partial charge in [0, 0.05) is 37.6 Å². The number of piperazine rings is 1. The average Bonchev–Trinajstić information content (AvgIpc) is 3.15. The van der Waals surface area contributed by atoms with Gasteiger partial charge in [0.2, 0.25) is 10.0 Å². The molecule has 1 aliphatic heterocycles. The van der Waals surface area contributed by atoms with Gasteiger partial charge in [-0.15, -0.1) is 11.3 Å². The highest BCUT2D eigenvalue weighted by atomic mass is 32.2. The van der Waals surface area contributed by atoms with Crippen LogP contribution in [0.5, 0.6) is 0 Å². The van der Waals surface area contributed by atoms with Gasteiger partial charge in [-0.05, 0) is 34.4 Å². The predicted octanol–water partition coefficient (Wildman–Crippen LogP) is 3.41. The quantitative estimate of drug-likeness (QED) is 0.705. The fraction of sp³-hybridized carbons (Fsp3) is 0.263. The molecule has 4 rings (SSSR count). The van der Waals surface area contributed by atoms with Crippen molar-refractivity contribution in [2.75, 3.05) is 26.2 Å². The molecule has 0 atom stereocenters. The van der Waals surface area contributed by atoms with Crippen molar-refractivity contribution < 1.29 is 8.42 Å². The molecule has 2 heterocycles. The number of nitrogens with zero attached hydrogens (tertiary/aromatic N) is 2. The summed E-state index contributed by atoms with van der Waals surface area (Å²) in [6.07, 6.45) is 0. The standard InChI is InChI=1S/C19H20N2O2S2/c22-25(23,19-8-7-16-4-1-2-5-17(16)14-19)21-11-9-20(10-12-21)15-18-6-3-13-24-18/h1-8,13-14H,9-12,15H2. The van der Waals surface area contributed by atoms with Gasteiger partial charge in [-0.3, -0.25) is 4.90 Å². The Morgan fingerprint density at radius 3 is 2.36 bits per heavy atom. The molecule has 3 aromatic rings. The van der Waals surface area contributed by atoms with Crippen LogP contribution in [0.3, 0.4) is 0 Å². The molecule has 0 aliphatic carbocycles. The molecule has 0 saturated carbocycles. The molecule has 0 bridgehead atoms. The summed E-state index contributed by atoms with van der Waals surface area (Å²) in [5.41, 5.74) is 0. The smallest absolute Gasteiger partial charge is 0.243 e. The van der Waals surface area contributed by atoms with E-state index in [1.54, 1.807) is 27.8 Å². The summed E-state index contributed by atoms with van der Waals surface area (Å²) in [4.78, 5) is 4.03. The highest BCUT2D eigenvalue weighted by molar-refractivity contribution is 7.89. The largest absolute Gasteiger partial charge is 0.296 e. The molecule has 1 saturated heterocycles. The van der Waals surface area contributed by atoms with E-state index >= 15 is 0 Å². The van der Waals surface area contributed by atoms with Gasteiger partial charge in [0.15, 0.2) is 0 Å². The zero-order chi connectivity index (χ0) is 17.3. The van der Waals surface area contributed by atoms with E-state index in [4.69, 9.17) is 0 Å². The van der Waals surface area contributed by atoms with E-state index in [1.165, 1.54) is 4.88 Å².